The number of nitrogens with zero attached hydrogens (tertiary/aromatic N) is 3. The fourth-order valence-electron chi connectivity index (χ4n) is 5.87. The van der Waals surface area contributed by atoms with E-state index in [1.807, 2.05) is 26.0 Å². The van der Waals surface area contributed by atoms with Gasteiger partial charge in [0.15, 0.2) is 5.82 Å². The first-order chi connectivity index (χ1) is 19.0. The number of aromatic nitrogens is 2. The van der Waals surface area contributed by atoms with E-state index >= 15 is 0 Å². The van der Waals surface area contributed by atoms with Crippen molar-refractivity contribution in [2.45, 2.75) is 40.0 Å². The molecule has 40 heavy (non-hydrogen) atoms. The summed E-state index contributed by atoms with van der Waals surface area (Å²) in [6, 6.07) is 8.21. The maximum Gasteiger partial charge on any atom is 0.229 e. The van der Waals surface area contributed by atoms with Crippen molar-refractivity contribution in [1.82, 2.24) is 15.3 Å². The van der Waals surface area contributed by atoms with Crippen LogP contribution in [0.1, 0.15) is 36.5 Å². The van der Waals surface area contributed by atoms with Crippen molar-refractivity contribution in [3.05, 3.63) is 52.2 Å². The summed E-state index contributed by atoms with van der Waals surface area (Å²) in [6.45, 7) is 14.2. The second-order valence-electron chi connectivity index (χ2n) is 11.5. The molecule has 1 spiro atoms. The molecule has 1 aromatic heterocycles. The van der Waals surface area contributed by atoms with Crippen molar-refractivity contribution in [3.63, 3.8) is 0 Å². The number of rotatable bonds is 8. The summed E-state index contributed by atoms with van der Waals surface area (Å²) in [4.78, 5) is 11.6. The van der Waals surface area contributed by atoms with Gasteiger partial charge in [-0.3, -0.25) is 0 Å². The monoisotopic (exact) mass is 582 g/mol. The molecular weight excluding hydrogens is 543 g/mol. The topological polar surface area (TPSA) is 91.4 Å². The van der Waals surface area contributed by atoms with Crippen LogP contribution in [0.2, 0.25) is 5.02 Å². The zero-order valence-electron chi connectivity index (χ0n) is 24.3. The third-order valence-corrected chi connectivity index (χ3v) is 10.4. The highest BCUT2D eigenvalue weighted by atomic mass is 35.5. The quantitative estimate of drug-likeness (QED) is 0.269. The Balaban J connectivity index is 1.42. The van der Waals surface area contributed by atoms with E-state index in [0.29, 0.717) is 22.2 Å². The van der Waals surface area contributed by atoms with Crippen molar-refractivity contribution in [2.24, 2.45) is 5.41 Å². The van der Waals surface area contributed by atoms with Crippen LogP contribution in [0.5, 0.6) is 5.75 Å². The molecule has 2 saturated heterocycles. The summed E-state index contributed by atoms with van der Waals surface area (Å²) in [5.41, 5.74) is 6.61. The second-order valence-corrected chi connectivity index (χ2v) is 15.1. The molecule has 0 saturated carbocycles. The summed E-state index contributed by atoms with van der Waals surface area (Å²) in [5.74, 6) is 1.57. The van der Waals surface area contributed by atoms with Crippen molar-refractivity contribution < 1.29 is 9.30 Å². The van der Waals surface area contributed by atoms with Crippen LogP contribution in [0.25, 0.3) is 0 Å². The van der Waals surface area contributed by atoms with E-state index < -0.39 is 7.14 Å². The average Bonchev–Trinajstić information content (AvgIpc) is 2.91. The van der Waals surface area contributed by atoms with Gasteiger partial charge in [0, 0.05) is 43.2 Å². The van der Waals surface area contributed by atoms with E-state index in [2.05, 4.69) is 49.9 Å². The van der Waals surface area contributed by atoms with E-state index in [9.17, 15) is 4.57 Å². The highest BCUT2D eigenvalue weighted by Gasteiger charge is 2.40. The van der Waals surface area contributed by atoms with E-state index in [1.165, 1.54) is 24.1 Å². The zero-order valence-corrected chi connectivity index (χ0v) is 26.0. The molecule has 8 nitrogen and oxygen atoms in total. The van der Waals surface area contributed by atoms with Gasteiger partial charge in [-0.2, -0.15) is 4.98 Å². The number of benzene rings is 2. The minimum absolute atomic E-state index is 0.373. The molecule has 3 aromatic rings. The summed E-state index contributed by atoms with van der Waals surface area (Å²) in [6.07, 6.45) is 4.90. The lowest BCUT2D eigenvalue weighted by Crippen LogP contribution is -2.58. The van der Waals surface area contributed by atoms with Crippen LogP contribution in [0.15, 0.2) is 30.5 Å². The molecule has 2 fully saturated rings. The summed E-state index contributed by atoms with van der Waals surface area (Å²) >= 11 is 6.52. The smallest absolute Gasteiger partial charge is 0.229 e. The minimum atomic E-state index is -2.57. The van der Waals surface area contributed by atoms with Gasteiger partial charge in [-0.05, 0) is 80.7 Å². The molecule has 2 aromatic carbocycles. The first kappa shape index (κ1) is 28.7. The lowest BCUT2D eigenvalue weighted by Gasteiger charge is -2.49. The van der Waals surface area contributed by atoms with E-state index in [1.54, 1.807) is 26.6 Å². The molecule has 0 atom stereocenters. The minimum Gasteiger partial charge on any atom is -0.494 e. The Labute approximate surface area is 242 Å². The maximum atomic E-state index is 13.2. The van der Waals surface area contributed by atoms with Crippen LogP contribution >= 0.6 is 18.7 Å². The zero-order chi connectivity index (χ0) is 28.7. The molecule has 0 amide bonds. The fourth-order valence-corrected chi connectivity index (χ4v) is 7.70. The normalized spacial score (nSPS) is 16.5. The van der Waals surface area contributed by atoms with Gasteiger partial charge in [0.2, 0.25) is 5.95 Å². The Morgan fingerprint density at radius 1 is 1.12 bits per heavy atom. The first-order valence-corrected chi connectivity index (χ1v) is 16.9. The summed E-state index contributed by atoms with van der Waals surface area (Å²) in [5, 5.41) is 11.3. The molecule has 0 unspecified atom stereocenters. The lowest BCUT2D eigenvalue weighted by molar-refractivity contribution is 0.126. The highest BCUT2D eigenvalue weighted by Crippen LogP contribution is 2.42. The SMILES string of the molecule is CCc1cc(Nc2ncc(Cl)c(Nc3ccc(C)c(C)c3P(C)(C)=O)n2)c(OC)cc1N1CCC2(CC1)CNC2. The number of hydrogen-bond donors (Lipinski definition) is 3. The van der Waals surface area contributed by atoms with Crippen LogP contribution in [0, 0.1) is 19.3 Å². The molecule has 0 aliphatic carbocycles. The van der Waals surface area contributed by atoms with Crippen LogP contribution in [0.3, 0.4) is 0 Å². The largest absolute Gasteiger partial charge is 0.494 e. The average molecular weight is 583 g/mol. The third kappa shape index (κ3) is 5.67. The number of nitrogens with one attached hydrogen (secondary N) is 3. The third-order valence-electron chi connectivity index (χ3n) is 8.43. The molecule has 10 heteroatoms. The van der Waals surface area contributed by atoms with Gasteiger partial charge < -0.3 is 30.2 Å². The number of halogens is 1. The molecule has 214 valence electrons. The van der Waals surface area contributed by atoms with Gasteiger partial charge in [0.1, 0.15) is 17.9 Å². The van der Waals surface area contributed by atoms with Crippen molar-refractivity contribution in [1.29, 1.82) is 0 Å². The van der Waals surface area contributed by atoms with Crippen molar-refractivity contribution >= 4 is 52.9 Å². The number of anilines is 5. The van der Waals surface area contributed by atoms with E-state index in [4.69, 9.17) is 16.3 Å². The molecule has 5 rings (SSSR count). The van der Waals surface area contributed by atoms with E-state index in [0.717, 1.165) is 66.2 Å². The van der Waals surface area contributed by atoms with Gasteiger partial charge in [0.05, 0.1) is 24.7 Å². The van der Waals surface area contributed by atoms with Crippen LogP contribution < -0.4 is 30.9 Å². The summed E-state index contributed by atoms with van der Waals surface area (Å²) in [7, 11) is -0.883. The Hall–Kier alpha value is -2.80. The molecule has 2 aliphatic heterocycles. The van der Waals surface area contributed by atoms with Crippen LogP contribution in [-0.4, -0.2) is 56.6 Å². The van der Waals surface area contributed by atoms with Gasteiger partial charge in [-0.15, -0.1) is 0 Å². The first-order valence-electron chi connectivity index (χ1n) is 13.9. The number of ether oxygens (including phenoxy) is 1. The second kappa shape index (κ2) is 11.2. The molecule has 3 heterocycles. The fraction of sp³-hybridized carbons (Fsp3) is 0.467. The van der Waals surface area contributed by atoms with Crippen LogP contribution in [0.4, 0.5) is 28.8 Å². The van der Waals surface area contributed by atoms with Crippen molar-refractivity contribution in [3.8, 4) is 5.75 Å². The Morgan fingerprint density at radius 2 is 1.85 bits per heavy atom. The Kier molecular flexibility index (Phi) is 8.06. The number of methoxy groups -OCH3 is 1. The molecule has 0 bridgehead atoms. The molecule has 0 radical (unpaired) electrons. The van der Waals surface area contributed by atoms with E-state index in [-0.39, 0.29) is 0 Å². The van der Waals surface area contributed by atoms with Gasteiger partial charge in [-0.25, -0.2) is 4.98 Å². The Morgan fingerprint density at radius 3 is 2.45 bits per heavy atom. The van der Waals surface area contributed by atoms with Gasteiger partial charge in [-0.1, -0.05) is 24.6 Å². The maximum absolute atomic E-state index is 13.2. The molecule has 2 aliphatic rings. The van der Waals surface area contributed by atoms with Gasteiger partial charge >= 0.3 is 0 Å². The molecular formula is C30H40ClN6O2P. The standard InChI is InChI=1S/C30H40ClN6O2P/c1-7-21-14-24(26(39-4)15-25(21)37-12-10-30(11-13-37)17-32-18-30)35-29-33-16-22(31)28(36-29)34-23-9-8-19(2)20(3)27(23)40(5,6)38/h8-9,14-16,32H,7,10-13,17-18H2,1-6H3,(H2,33,34,35,36). The highest BCUT2D eigenvalue weighted by molar-refractivity contribution is 7.70. The number of aryl methyl sites for hydroxylation is 2. The number of piperidine rings is 1. The number of hydrogen-bond acceptors (Lipinski definition) is 8. The lowest BCUT2D eigenvalue weighted by atomic mass is 9.73. The van der Waals surface area contributed by atoms with Gasteiger partial charge in [0.25, 0.3) is 0 Å². The predicted octanol–water partition coefficient (Wildman–Crippen LogP) is 6.24. The van der Waals surface area contributed by atoms with Crippen molar-refractivity contribution in [2.75, 3.05) is 62.2 Å². The Bertz CT molecular complexity index is 1460. The summed E-state index contributed by atoms with van der Waals surface area (Å²) < 4.78 is 19.0. The predicted molar refractivity (Wildman–Crippen MR) is 168 cm³/mol. The van der Waals surface area contributed by atoms with Crippen LogP contribution in [-0.2, 0) is 11.0 Å². The molecule has 3 N–H and O–H groups in total.